The Labute approximate surface area is 123 Å². The molecule has 3 rings (SSSR count). The van der Waals surface area contributed by atoms with Gasteiger partial charge in [-0.05, 0) is 31.7 Å². The smallest absolute Gasteiger partial charge is 0.0506 e. The first-order chi connectivity index (χ1) is 8.92. The zero-order chi connectivity index (χ0) is 12.2. The summed E-state index contributed by atoms with van der Waals surface area (Å²) >= 11 is 0. The molecule has 19 heavy (non-hydrogen) atoms. The van der Waals surface area contributed by atoms with Crippen LogP contribution in [0.1, 0.15) is 19.3 Å². The van der Waals surface area contributed by atoms with Crippen molar-refractivity contribution in [3.8, 4) is 0 Å². The number of hydrogen-bond acceptors (Lipinski definition) is 4. The summed E-state index contributed by atoms with van der Waals surface area (Å²) < 4.78 is 5.58. The third-order valence-electron chi connectivity index (χ3n) is 4.73. The van der Waals surface area contributed by atoms with Crippen LogP contribution < -0.4 is 5.32 Å². The first-order valence-corrected chi connectivity index (χ1v) is 7.67. The quantitative estimate of drug-likeness (QED) is 0.832. The summed E-state index contributed by atoms with van der Waals surface area (Å²) in [6, 6.07) is 0.810. The average Bonchev–Trinajstić information content (AvgIpc) is 2.95. The predicted octanol–water partition coefficient (Wildman–Crippen LogP) is 0.814. The van der Waals surface area contributed by atoms with Crippen molar-refractivity contribution in [3.63, 3.8) is 0 Å². The van der Waals surface area contributed by atoms with Gasteiger partial charge in [0.2, 0.25) is 0 Å². The van der Waals surface area contributed by atoms with Gasteiger partial charge in [-0.1, -0.05) is 0 Å². The molecule has 0 saturated carbocycles. The highest BCUT2D eigenvalue weighted by Crippen LogP contribution is 2.17. The van der Waals surface area contributed by atoms with Gasteiger partial charge in [-0.25, -0.2) is 0 Å². The van der Waals surface area contributed by atoms with E-state index in [1.54, 1.807) is 0 Å². The molecule has 3 saturated heterocycles. The highest BCUT2D eigenvalue weighted by Gasteiger charge is 2.27. The molecule has 3 aliphatic rings. The van der Waals surface area contributed by atoms with Crippen molar-refractivity contribution in [1.82, 2.24) is 15.1 Å². The lowest BCUT2D eigenvalue weighted by atomic mass is 10.0. The van der Waals surface area contributed by atoms with E-state index in [1.807, 2.05) is 0 Å². The second-order valence-electron chi connectivity index (χ2n) is 6.07. The van der Waals surface area contributed by atoms with Gasteiger partial charge in [0.25, 0.3) is 0 Å². The van der Waals surface area contributed by atoms with Gasteiger partial charge < -0.3 is 15.0 Å². The van der Waals surface area contributed by atoms with Crippen LogP contribution in [-0.4, -0.2) is 74.9 Å². The normalized spacial score (nSPS) is 34.1. The summed E-state index contributed by atoms with van der Waals surface area (Å²) in [5, 5.41) is 3.47. The number of piperazine rings is 1. The van der Waals surface area contributed by atoms with Crippen LogP contribution in [0.4, 0.5) is 0 Å². The largest absolute Gasteiger partial charge is 0.381 e. The molecule has 0 spiro atoms. The topological polar surface area (TPSA) is 27.7 Å². The van der Waals surface area contributed by atoms with E-state index in [9.17, 15) is 0 Å². The van der Waals surface area contributed by atoms with Crippen LogP contribution in [0.15, 0.2) is 0 Å². The molecule has 0 aromatic rings. The molecular weight excluding hydrogens is 262 g/mol. The fraction of sp³-hybridized carbons (Fsp3) is 1.00. The van der Waals surface area contributed by atoms with Crippen molar-refractivity contribution in [1.29, 1.82) is 0 Å². The van der Waals surface area contributed by atoms with Gasteiger partial charge >= 0.3 is 0 Å². The van der Waals surface area contributed by atoms with Crippen molar-refractivity contribution in [2.24, 2.45) is 5.92 Å². The molecule has 1 N–H and O–H groups in total. The average molecular weight is 290 g/mol. The van der Waals surface area contributed by atoms with Gasteiger partial charge in [-0.3, -0.25) is 4.90 Å². The summed E-state index contributed by atoms with van der Waals surface area (Å²) in [5.74, 6) is 0.790. The van der Waals surface area contributed by atoms with Gasteiger partial charge in [0, 0.05) is 51.9 Å². The van der Waals surface area contributed by atoms with E-state index >= 15 is 0 Å². The lowest BCUT2D eigenvalue weighted by molar-refractivity contribution is 0.0248. The first kappa shape index (κ1) is 15.5. The van der Waals surface area contributed by atoms with Crippen LogP contribution >= 0.6 is 12.4 Å². The van der Waals surface area contributed by atoms with Crippen molar-refractivity contribution < 1.29 is 4.74 Å². The van der Waals surface area contributed by atoms with Crippen molar-refractivity contribution in [2.45, 2.75) is 25.3 Å². The van der Waals surface area contributed by atoms with E-state index in [-0.39, 0.29) is 12.4 Å². The van der Waals surface area contributed by atoms with Crippen molar-refractivity contribution in [3.05, 3.63) is 0 Å². The molecule has 0 aliphatic carbocycles. The minimum absolute atomic E-state index is 0. The molecule has 3 fully saturated rings. The second kappa shape index (κ2) is 7.79. The monoisotopic (exact) mass is 289 g/mol. The predicted molar refractivity (Wildman–Crippen MR) is 80.1 cm³/mol. The molecule has 5 heteroatoms. The van der Waals surface area contributed by atoms with Crippen LogP contribution in [0.5, 0.6) is 0 Å². The lowest BCUT2D eigenvalue weighted by Gasteiger charge is -2.39. The third kappa shape index (κ3) is 4.30. The maximum absolute atomic E-state index is 5.58. The summed E-state index contributed by atoms with van der Waals surface area (Å²) in [4.78, 5) is 5.34. The highest BCUT2D eigenvalue weighted by molar-refractivity contribution is 5.85. The van der Waals surface area contributed by atoms with E-state index in [2.05, 4.69) is 15.1 Å². The van der Waals surface area contributed by atoms with E-state index in [4.69, 9.17) is 4.74 Å². The molecule has 0 aromatic carbocycles. The molecule has 3 aliphatic heterocycles. The zero-order valence-electron chi connectivity index (χ0n) is 11.9. The minimum atomic E-state index is 0. The Hall–Kier alpha value is 0.130. The Balaban J connectivity index is 0.00000133. The number of ether oxygens (including phenoxy) is 1. The number of rotatable bonds is 3. The van der Waals surface area contributed by atoms with Gasteiger partial charge in [0.05, 0.1) is 6.61 Å². The molecule has 0 radical (unpaired) electrons. The summed E-state index contributed by atoms with van der Waals surface area (Å²) in [6.45, 7) is 10.7. The highest BCUT2D eigenvalue weighted by atomic mass is 35.5. The fourth-order valence-electron chi connectivity index (χ4n) is 3.58. The van der Waals surface area contributed by atoms with Crippen molar-refractivity contribution in [2.75, 3.05) is 59.0 Å². The molecule has 2 atom stereocenters. The molecule has 3 heterocycles. The minimum Gasteiger partial charge on any atom is -0.381 e. The first-order valence-electron chi connectivity index (χ1n) is 7.67. The fourth-order valence-corrected chi connectivity index (χ4v) is 3.58. The maximum Gasteiger partial charge on any atom is 0.0506 e. The molecule has 0 amide bonds. The Kier molecular flexibility index (Phi) is 6.36. The number of hydrogen-bond donors (Lipinski definition) is 1. The Morgan fingerprint density at radius 2 is 1.95 bits per heavy atom. The molecule has 4 nitrogen and oxygen atoms in total. The number of nitrogens with zero attached hydrogens (tertiary/aromatic N) is 2. The van der Waals surface area contributed by atoms with Gasteiger partial charge in [-0.2, -0.15) is 0 Å². The van der Waals surface area contributed by atoms with E-state index in [0.29, 0.717) is 0 Å². The third-order valence-corrected chi connectivity index (χ3v) is 4.73. The van der Waals surface area contributed by atoms with Crippen LogP contribution in [-0.2, 0) is 4.74 Å². The van der Waals surface area contributed by atoms with Gasteiger partial charge in [0.15, 0.2) is 0 Å². The van der Waals surface area contributed by atoms with Crippen LogP contribution in [0.25, 0.3) is 0 Å². The van der Waals surface area contributed by atoms with Gasteiger partial charge in [0.1, 0.15) is 0 Å². The lowest BCUT2D eigenvalue weighted by Crippen LogP contribution is -2.52. The Morgan fingerprint density at radius 3 is 2.58 bits per heavy atom. The summed E-state index contributed by atoms with van der Waals surface area (Å²) in [6.07, 6.45) is 3.97. The molecule has 0 bridgehead atoms. The standard InChI is InChI=1S/C14H27N3O.ClH/c1-2-13(12-18-9-1)11-16-5-7-17(8-6-16)14-3-4-15-10-14;/h13-15H,1-12H2;1H. The number of halogens is 1. The second-order valence-corrected chi connectivity index (χ2v) is 6.07. The SMILES string of the molecule is C1COCC(CN2CCN(C3CCNC3)CC2)C1.Cl. The number of nitrogens with one attached hydrogen (secondary N) is 1. The van der Waals surface area contributed by atoms with E-state index in [0.717, 1.165) is 25.2 Å². The zero-order valence-corrected chi connectivity index (χ0v) is 12.7. The summed E-state index contributed by atoms with van der Waals surface area (Å²) in [5.41, 5.74) is 0. The van der Waals surface area contributed by atoms with Crippen molar-refractivity contribution >= 4 is 12.4 Å². The molecule has 2 unspecified atom stereocenters. The molecular formula is C14H28ClN3O. The maximum atomic E-state index is 5.58. The molecule has 0 aromatic heterocycles. The van der Waals surface area contributed by atoms with E-state index in [1.165, 1.54) is 65.1 Å². The summed E-state index contributed by atoms with van der Waals surface area (Å²) in [7, 11) is 0. The van der Waals surface area contributed by atoms with Crippen LogP contribution in [0.3, 0.4) is 0 Å². The Morgan fingerprint density at radius 1 is 1.11 bits per heavy atom. The van der Waals surface area contributed by atoms with Crippen LogP contribution in [0, 0.1) is 5.92 Å². The molecule has 112 valence electrons. The van der Waals surface area contributed by atoms with Crippen LogP contribution in [0.2, 0.25) is 0 Å². The van der Waals surface area contributed by atoms with Gasteiger partial charge in [-0.15, -0.1) is 12.4 Å². The Bertz CT molecular complexity index is 247. The van der Waals surface area contributed by atoms with E-state index < -0.39 is 0 Å².